The van der Waals surface area contributed by atoms with Crippen LogP contribution in [0.3, 0.4) is 0 Å². The fourth-order valence-electron chi connectivity index (χ4n) is 2.62. The zero-order valence-electron chi connectivity index (χ0n) is 13.0. The highest BCUT2D eigenvalue weighted by molar-refractivity contribution is 5.86. The van der Waals surface area contributed by atoms with Crippen LogP contribution < -0.4 is 15.2 Å². The van der Waals surface area contributed by atoms with E-state index in [2.05, 4.69) is 0 Å². The van der Waals surface area contributed by atoms with Gasteiger partial charge in [0.15, 0.2) is 11.5 Å². The maximum Gasteiger partial charge on any atom is 0.416 e. The minimum Gasteiger partial charge on any atom is -0.493 e. The lowest BCUT2D eigenvalue weighted by Gasteiger charge is -2.13. The molecule has 1 aromatic heterocycles. The first-order valence-electron chi connectivity index (χ1n) is 7.04. The van der Waals surface area contributed by atoms with Gasteiger partial charge in [-0.2, -0.15) is 13.2 Å². The lowest BCUT2D eigenvalue weighted by atomic mass is 10.1. The molecule has 0 saturated carbocycles. The average Bonchev–Trinajstić information content (AvgIpc) is 2.94. The summed E-state index contributed by atoms with van der Waals surface area (Å²) in [6.45, 7) is 0. The molecule has 3 aromatic rings. The van der Waals surface area contributed by atoms with Crippen LogP contribution in [0.1, 0.15) is 5.56 Å². The molecule has 0 spiro atoms. The standard InChI is InChI=1S/C17H15F3N2O2/c1-23-15-5-10-3-4-22(14(10)9-16(15)24-2)13-7-11(17(18,19)20)6-12(21)8-13/h3-9H,21H2,1-2H3. The number of alkyl halides is 3. The van der Waals surface area contributed by atoms with Crippen molar-refractivity contribution in [3.8, 4) is 17.2 Å². The van der Waals surface area contributed by atoms with E-state index >= 15 is 0 Å². The van der Waals surface area contributed by atoms with Gasteiger partial charge in [-0.3, -0.25) is 0 Å². The number of halogens is 3. The van der Waals surface area contributed by atoms with Crippen LogP contribution in [0, 0.1) is 0 Å². The Morgan fingerprint density at radius 3 is 2.25 bits per heavy atom. The largest absolute Gasteiger partial charge is 0.493 e. The van der Waals surface area contributed by atoms with Crippen molar-refractivity contribution in [2.45, 2.75) is 6.18 Å². The molecule has 1 heterocycles. The predicted molar refractivity (Wildman–Crippen MR) is 85.8 cm³/mol. The molecule has 0 amide bonds. The molecule has 0 atom stereocenters. The molecule has 126 valence electrons. The van der Waals surface area contributed by atoms with Gasteiger partial charge in [0.05, 0.1) is 25.3 Å². The van der Waals surface area contributed by atoms with Crippen LogP contribution in [-0.4, -0.2) is 18.8 Å². The van der Waals surface area contributed by atoms with Gasteiger partial charge in [-0.05, 0) is 30.3 Å². The first-order chi connectivity index (χ1) is 11.3. The number of nitrogen functional groups attached to an aromatic ring is 1. The van der Waals surface area contributed by atoms with Gasteiger partial charge in [-0.1, -0.05) is 0 Å². The fourth-order valence-corrected chi connectivity index (χ4v) is 2.62. The maximum atomic E-state index is 13.0. The quantitative estimate of drug-likeness (QED) is 0.728. The summed E-state index contributed by atoms with van der Waals surface area (Å²) >= 11 is 0. The minimum atomic E-state index is -4.46. The number of nitrogens with two attached hydrogens (primary N) is 1. The zero-order valence-corrected chi connectivity index (χ0v) is 13.0. The number of aromatic nitrogens is 1. The molecule has 24 heavy (non-hydrogen) atoms. The summed E-state index contributed by atoms with van der Waals surface area (Å²) in [6.07, 6.45) is -2.79. The first-order valence-corrected chi connectivity index (χ1v) is 7.04. The van der Waals surface area contributed by atoms with E-state index in [1.54, 1.807) is 29.0 Å². The normalized spacial score (nSPS) is 11.7. The van der Waals surface area contributed by atoms with E-state index < -0.39 is 11.7 Å². The Labute approximate surface area is 136 Å². The van der Waals surface area contributed by atoms with Crippen molar-refractivity contribution < 1.29 is 22.6 Å². The van der Waals surface area contributed by atoms with Gasteiger partial charge >= 0.3 is 6.18 Å². The van der Waals surface area contributed by atoms with Crippen LogP contribution in [0.5, 0.6) is 11.5 Å². The number of ether oxygens (including phenoxy) is 2. The average molecular weight is 336 g/mol. The highest BCUT2D eigenvalue weighted by Gasteiger charge is 2.31. The molecule has 0 bridgehead atoms. The number of fused-ring (bicyclic) bond motifs is 1. The highest BCUT2D eigenvalue weighted by atomic mass is 19.4. The Morgan fingerprint density at radius 1 is 0.958 bits per heavy atom. The van der Waals surface area contributed by atoms with Crippen LogP contribution >= 0.6 is 0 Å². The SMILES string of the molecule is COc1cc2ccn(-c3cc(N)cc(C(F)(F)F)c3)c2cc1OC. The topological polar surface area (TPSA) is 49.4 Å². The summed E-state index contributed by atoms with van der Waals surface area (Å²) in [4.78, 5) is 0. The number of hydrogen-bond donors (Lipinski definition) is 1. The van der Waals surface area contributed by atoms with E-state index in [-0.39, 0.29) is 5.69 Å². The van der Waals surface area contributed by atoms with E-state index in [1.807, 2.05) is 0 Å². The summed E-state index contributed by atoms with van der Waals surface area (Å²) in [6, 6.07) is 8.73. The third-order valence-corrected chi connectivity index (χ3v) is 3.74. The molecule has 0 saturated heterocycles. The second-order valence-electron chi connectivity index (χ2n) is 5.26. The Bertz CT molecular complexity index is 901. The van der Waals surface area contributed by atoms with Crippen molar-refractivity contribution in [3.05, 3.63) is 48.2 Å². The van der Waals surface area contributed by atoms with Crippen molar-refractivity contribution in [3.63, 3.8) is 0 Å². The molecule has 4 nitrogen and oxygen atoms in total. The van der Waals surface area contributed by atoms with Crippen molar-refractivity contribution in [1.82, 2.24) is 4.57 Å². The molecule has 0 aliphatic heterocycles. The van der Waals surface area contributed by atoms with Crippen molar-refractivity contribution in [1.29, 1.82) is 0 Å². The van der Waals surface area contributed by atoms with Gasteiger partial charge in [0.25, 0.3) is 0 Å². The van der Waals surface area contributed by atoms with Crippen LogP contribution in [-0.2, 0) is 6.18 Å². The maximum absolute atomic E-state index is 13.0. The first kappa shape index (κ1) is 16.0. The Kier molecular flexibility index (Phi) is 3.79. The second-order valence-corrected chi connectivity index (χ2v) is 5.26. The monoisotopic (exact) mass is 336 g/mol. The van der Waals surface area contributed by atoms with Gasteiger partial charge in [-0.25, -0.2) is 0 Å². The molecule has 0 aliphatic rings. The number of rotatable bonds is 3. The minimum absolute atomic E-state index is 0.0437. The van der Waals surface area contributed by atoms with Crippen molar-refractivity contribution in [2.24, 2.45) is 0 Å². The summed E-state index contributed by atoms with van der Waals surface area (Å²) in [5.74, 6) is 1.04. The van der Waals surface area contributed by atoms with Crippen LogP contribution in [0.15, 0.2) is 42.6 Å². The van der Waals surface area contributed by atoms with Crippen LogP contribution in [0.25, 0.3) is 16.6 Å². The summed E-state index contributed by atoms with van der Waals surface area (Å²) in [7, 11) is 3.02. The molecule has 2 aromatic carbocycles. The smallest absolute Gasteiger partial charge is 0.416 e. The zero-order chi connectivity index (χ0) is 17.5. The van der Waals surface area contributed by atoms with E-state index in [4.69, 9.17) is 15.2 Å². The fraction of sp³-hybridized carbons (Fsp3) is 0.176. The number of anilines is 1. The van der Waals surface area contributed by atoms with Gasteiger partial charge < -0.3 is 19.8 Å². The number of hydrogen-bond acceptors (Lipinski definition) is 3. The third kappa shape index (κ3) is 2.73. The Hall–Kier alpha value is -2.83. The van der Waals surface area contributed by atoms with Gasteiger partial charge in [-0.15, -0.1) is 0 Å². The van der Waals surface area contributed by atoms with E-state index in [1.165, 1.54) is 20.3 Å². The molecule has 0 radical (unpaired) electrons. The lowest BCUT2D eigenvalue weighted by Crippen LogP contribution is -2.07. The Balaban J connectivity index is 2.22. The van der Waals surface area contributed by atoms with Crippen molar-refractivity contribution in [2.75, 3.05) is 20.0 Å². The van der Waals surface area contributed by atoms with E-state index in [9.17, 15) is 13.2 Å². The predicted octanol–water partition coefficient (Wildman–Crippen LogP) is 4.25. The van der Waals surface area contributed by atoms with Gasteiger partial charge in [0, 0.05) is 29.0 Å². The highest BCUT2D eigenvalue weighted by Crippen LogP contribution is 2.36. The summed E-state index contributed by atoms with van der Waals surface area (Å²) in [5, 5.41) is 0.809. The second kappa shape index (κ2) is 5.67. The molecule has 7 heteroatoms. The molecule has 0 unspecified atom stereocenters. The molecule has 0 fully saturated rings. The summed E-state index contributed by atoms with van der Waals surface area (Å²) < 4.78 is 51.2. The van der Waals surface area contributed by atoms with Crippen LogP contribution in [0.2, 0.25) is 0 Å². The number of methoxy groups -OCH3 is 2. The van der Waals surface area contributed by atoms with E-state index in [0.717, 1.165) is 17.5 Å². The van der Waals surface area contributed by atoms with Crippen molar-refractivity contribution >= 4 is 16.6 Å². The molecule has 2 N–H and O–H groups in total. The Morgan fingerprint density at radius 2 is 1.62 bits per heavy atom. The number of benzene rings is 2. The summed E-state index contributed by atoms with van der Waals surface area (Å²) in [5.41, 5.74) is 5.91. The number of nitrogens with zero attached hydrogens (tertiary/aromatic N) is 1. The van der Waals surface area contributed by atoms with Gasteiger partial charge in [0.2, 0.25) is 0 Å². The van der Waals surface area contributed by atoms with E-state index in [0.29, 0.717) is 22.7 Å². The third-order valence-electron chi connectivity index (χ3n) is 3.74. The molecular weight excluding hydrogens is 321 g/mol. The lowest BCUT2D eigenvalue weighted by molar-refractivity contribution is -0.137. The van der Waals surface area contributed by atoms with Gasteiger partial charge in [0.1, 0.15) is 0 Å². The molecule has 3 rings (SSSR count). The molecular formula is C17H15F3N2O2. The molecule has 0 aliphatic carbocycles. The van der Waals surface area contributed by atoms with Crippen LogP contribution in [0.4, 0.5) is 18.9 Å².